The first-order valence-corrected chi connectivity index (χ1v) is 7.50. The van der Waals surface area contributed by atoms with Gasteiger partial charge in [-0.25, -0.2) is 4.79 Å². The van der Waals surface area contributed by atoms with E-state index in [4.69, 9.17) is 4.74 Å². The van der Waals surface area contributed by atoms with Crippen molar-refractivity contribution in [2.24, 2.45) is 0 Å². The summed E-state index contributed by atoms with van der Waals surface area (Å²) < 4.78 is 4.85. The van der Waals surface area contributed by atoms with E-state index in [1.807, 2.05) is 17.5 Å². The lowest BCUT2D eigenvalue weighted by Crippen LogP contribution is -2.55. The van der Waals surface area contributed by atoms with Gasteiger partial charge in [-0.2, -0.15) is 0 Å². The Hall–Kier alpha value is -1.93. The molecule has 0 saturated heterocycles. The number of hydrogen-bond acceptors (Lipinski definition) is 5. The number of methoxy groups -OCH3 is 1. The van der Waals surface area contributed by atoms with Gasteiger partial charge in [0.2, 0.25) is 11.8 Å². The number of hydrogen-bond donors (Lipinski definition) is 3. The van der Waals surface area contributed by atoms with Crippen LogP contribution < -0.4 is 10.6 Å². The average molecular weight is 328 g/mol. The second-order valence-corrected chi connectivity index (χ2v) is 6.07. The highest BCUT2D eigenvalue weighted by molar-refractivity contribution is 7.10. The molecule has 0 aliphatic rings. The number of nitrogens with one attached hydrogen (secondary N) is 2. The predicted octanol–water partition coefficient (Wildman–Crippen LogP) is 0.921. The van der Waals surface area contributed by atoms with E-state index in [9.17, 15) is 19.5 Å². The lowest BCUT2D eigenvalue weighted by Gasteiger charge is -2.26. The normalized spacial score (nSPS) is 14.7. The molecule has 0 saturated carbocycles. The molecule has 2 unspecified atom stereocenters. The fourth-order valence-corrected chi connectivity index (χ4v) is 2.72. The number of ether oxygens (including phenoxy) is 1. The van der Waals surface area contributed by atoms with Gasteiger partial charge < -0.3 is 20.5 Å². The first-order valence-electron chi connectivity index (χ1n) is 6.62. The van der Waals surface area contributed by atoms with E-state index in [-0.39, 0.29) is 18.9 Å². The smallest absolute Gasteiger partial charge is 0.331 e. The molecule has 3 N–H and O–H groups in total. The van der Waals surface area contributed by atoms with Gasteiger partial charge in [0.05, 0.1) is 19.1 Å². The summed E-state index contributed by atoms with van der Waals surface area (Å²) in [6.07, 6.45) is -0.0489. The predicted molar refractivity (Wildman–Crippen MR) is 81.6 cm³/mol. The number of carbonyl (C=O) groups excluding carboxylic acids is 2. The minimum Gasteiger partial charge on any atom is -0.479 e. The summed E-state index contributed by atoms with van der Waals surface area (Å²) in [6.45, 7) is 2.58. The second-order valence-electron chi connectivity index (χ2n) is 5.09. The monoisotopic (exact) mass is 328 g/mol. The summed E-state index contributed by atoms with van der Waals surface area (Å²) in [4.78, 5) is 35.5. The number of rotatable bonds is 8. The van der Waals surface area contributed by atoms with Crippen LogP contribution in [-0.4, -0.2) is 42.1 Å². The van der Waals surface area contributed by atoms with Crippen molar-refractivity contribution in [1.82, 2.24) is 10.6 Å². The van der Waals surface area contributed by atoms with Crippen LogP contribution in [0.25, 0.3) is 0 Å². The van der Waals surface area contributed by atoms with E-state index >= 15 is 0 Å². The highest BCUT2D eigenvalue weighted by Gasteiger charge is 2.35. The van der Waals surface area contributed by atoms with Crippen LogP contribution in [0.5, 0.6) is 0 Å². The Morgan fingerprint density at radius 1 is 1.45 bits per heavy atom. The number of carboxylic acids is 1. The maximum Gasteiger partial charge on any atom is 0.331 e. The fourth-order valence-electron chi connectivity index (χ4n) is 1.94. The third-order valence-electron chi connectivity index (χ3n) is 2.97. The van der Waals surface area contributed by atoms with E-state index in [1.165, 1.54) is 32.3 Å². The first kappa shape index (κ1) is 18.1. The van der Waals surface area contributed by atoms with Gasteiger partial charge >= 0.3 is 5.97 Å². The van der Waals surface area contributed by atoms with Gasteiger partial charge in [0.1, 0.15) is 0 Å². The molecule has 0 fully saturated rings. The highest BCUT2D eigenvalue weighted by Crippen LogP contribution is 2.22. The zero-order chi connectivity index (χ0) is 16.8. The molecule has 1 aromatic heterocycles. The third-order valence-corrected chi connectivity index (χ3v) is 3.96. The van der Waals surface area contributed by atoms with E-state index in [0.29, 0.717) is 0 Å². The van der Waals surface area contributed by atoms with Crippen LogP contribution in [0, 0.1) is 0 Å². The number of amides is 2. The van der Waals surface area contributed by atoms with Crippen molar-refractivity contribution in [3.63, 3.8) is 0 Å². The lowest BCUT2D eigenvalue weighted by atomic mass is 10.0. The average Bonchev–Trinajstić information content (AvgIpc) is 2.90. The molecule has 2 amide bonds. The Labute approximate surface area is 132 Å². The molecule has 0 radical (unpaired) electrons. The van der Waals surface area contributed by atoms with Gasteiger partial charge in [0.25, 0.3) is 0 Å². The van der Waals surface area contributed by atoms with Crippen molar-refractivity contribution >= 4 is 29.1 Å². The maximum atomic E-state index is 12.1. The molecule has 22 heavy (non-hydrogen) atoms. The molecule has 1 aromatic rings. The quantitative estimate of drug-likeness (QED) is 0.658. The van der Waals surface area contributed by atoms with E-state index < -0.39 is 23.5 Å². The standard InChI is InChI=1S/C14H20N2O5S/c1-9(17)15-10(11-5-4-6-22-11)7-12(18)16-14(2,8-21-3)13(19)20/h4-6,10H,7-8H2,1-3H3,(H,15,17)(H,16,18)(H,19,20). The first-order chi connectivity index (χ1) is 10.3. The molecule has 2 atom stereocenters. The minimum absolute atomic E-state index is 0.0489. The zero-order valence-electron chi connectivity index (χ0n) is 12.7. The van der Waals surface area contributed by atoms with Crippen LogP contribution in [0.3, 0.4) is 0 Å². The summed E-state index contributed by atoms with van der Waals surface area (Å²) in [5.74, 6) is -1.92. The largest absolute Gasteiger partial charge is 0.479 e. The summed E-state index contributed by atoms with van der Waals surface area (Å²) in [5.41, 5.74) is -1.51. The number of aliphatic carboxylic acids is 1. The molecule has 0 aliphatic heterocycles. The van der Waals surface area contributed by atoms with Gasteiger partial charge in [-0.1, -0.05) is 6.07 Å². The van der Waals surface area contributed by atoms with Crippen molar-refractivity contribution in [3.05, 3.63) is 22.4 Å². The molecule has 1 rings (SSSR count). The SMILES string of the molecule is COCC(C)(NC(=O)CC(NC(C)=O)c1cccs1)C(=O)O. The summed E-state index contributed by atoms with van der Waals surface area (Å²) in [7, 11) is 1.36. The van der Waals surface area contributed by atoms with Gasteiger partial charge in [0.15, 0.2) is 5.54 Å². The van der Waals surface area contributed by atoms with Crippen molar-refractivity contribution < 1.29 is 24.2 Å². The van der Waals surface area contributed by atoms with Gasteiger partial charge in [0, 0.05) is 18.9 Å². The molecule has 7 nitrogen and oxygen atoms in total. The molecular weight excluding hydrogens is 308 g/mol. The lowest BCUT2D eigenvalue weighted by molar-refractivity contribution is -0.149. The molecule has 0 aromatic carbocycles. The summed E-state index contributed by atoms with van der Waals surface area (Å²) in [6, 6.07) is 3.14. The Kier molecular flexibility index (Phi) is 6.51. The van der Waals surface area contributed by atoms with E-state index in [1.54, 1.807) is 0 Å². The van der Waals surface area contributed by atoms with Crippen molar-refractivity contribution in [2.45, 2.75) is 31.8 Å². The van der Waals surface area contributed by atoms with Crippen LogP contribution in [0.2, 0.25) is 0 Å². The maximum absolute atomic E-state index is 12.1. The molecule has 0 spiro atoms. The molecule has 1 heterocycles. The van der Waals surface area contributed by atoms with Gasteiger partial charge in [-0.3, -0.25) is 9.59 Å². The van der Waals surface area contributed by atoms with Crippen molar-refractivity contribution in [3.8, 4) is 0 Å². The van der Waals surface area contributed by atoms with Crippen molar-refractivity contribution in [1.29, 1.82) is 0 Å². The second kappa shape index (κ2) is 7.90. The number of thiophene rings is 1. The number of carboxylic acid groups (broad SMARTS) is 1. The van der Waals surface area contributed by atoms with Gasteiger partial charge in [-0.05, 0) is 18.4 Å². The molecule has 8 heteroatoms. The van der Waals surface area contributed by atoms with E-state index in [2.05, 4.69) is 10.6 Å². The Morgan fingerprint density at radius 2 is 2.14 bits per heavy atom. The molecule has 0 bridgehead atoms. The summed E-state index contributed by atoms with van der Waals surface area (Å²) >= 11 is 1.41. The van der Waals surface area contributed by atoms with Crippen LogP contribution >= 0.6 is 11.3 Å². The molecule has 122 valence electrons. The fraction of sp³-hybridized carbons (Fsp3) is 0.500. The van der Waals surface area contributed by atoms with Gasteiger partial charge in [-0.15, -0.1) is 11.3 Å². The summed E-state index contributed by atoms with van der Waals surface area (Å²) in [5, 5.41) is 16.2. The topological polar surface area (TPSA) is 105 Å². The Morgan fingerprint density at radius 3 is 2.59 bits per heavy atom. The Balaban J connectivity index is 2.78. The van der Waals surface area contributed by atoms with Crippen LogP contribution in [0.15, 0.2) is 17.5 Å². The zero-order valence-corrected chi connectivity index (χ0v) is 13.5. The minimum atomic E-state index is -1.51. The van der Waals surface area contributed by atoms with E-state index in [0.717, 1.165) is 4.88 Å². The highest BCUT2D eigenvalue weighted by atomic mass is 32.1. The molecule has 0 aliphatic carbocycles. The van der Waals surface area contributed by atoms with Crippen LogP contribution in [-0.2, 0) is 19.1 Å². The number of carbonyl (C=O) groups is 3. The van der Waals surface area contributed by atoms with Crippen LogP contribution in [0.1, 0.15) is 31.2 Å². The third kappa shape index (κ3) is 5.12. The van der Waals surface area contributed by atoms with Crippen molar-refractivity contribution in [2.75, 3.05) is 13.7 Å². The molecular formula is C14H20N2O5S. The Bertz CT molecular complexity index is 531. The van der Waals surface area contributed by atoms with Crippen LogP contribution in [0.4, 0.5) is 0 Å².